The van der Waals surface area contributed by atoms with E-state index in [0.29, 0.717) is 5.56 Å². The SMILES string of the molecule is CC(C)NC(=O)CN(C)c1c(F)cccc1[C@@H](C)O. The zero-order chi connectivity index (χ0) is 14.6. The summed E-state index contributed by atoms with van der Waals surface area (Å²) in [7, 11) is 1.63. The lowest BCUT2D eigenvalue weighted by Gasteiger charge is -2.24. The Morgan fingerprint density at radius 1 is 1.42 bits per heavy atom. The molecule has 0 heterocycles. The topological polar surface area (TPSA) is 52.6 Å². The Balaban J connectivity index is 2.93. The van der Waals surface area contributed by atoms with Gasteiger partial charge in [0, 0.05) is 18.7 Å². The first-order valence-electron chi connectivity index (χ1n) is 6.30. The van der Waals surface area contributed by atoms with E-state index >= 15 is 0 Å². The fourth-order valence-electron chi connectivity index (χ4n) is 1.93. The van der Waals surface area contributed by atoms with Gasteiger partial charge in [-0.05, 0) is 26.8 Å². The van der Waals surface area contributed by atoms with Gasteiger partial charge in [0.2, 0.25) is 5.91 Å². The Morgan fingerprint density at radius 2 is 2.05 bits per heavy atom. The molecule has 0 aromatic heterocycles. The third kappa shape index (κ3) is 4.21. The van der Waals surface area contributed by atoms with Gasteiger partial charge >= 0.3 is 0 Å². The number of nitrogens with zero attached hydrogens (tertiary/aromatic N) is 1. The highest BCUT2D eigenvalue weighted by Gasteiger charge is 2.18. The molecule has 0 aliphatic carbocycles. The molecule has 0 saturated heterocycles. The van der Waals surface area contributed by atoms with Crippen molar-refractivity contribution in [1.29, 1.82) is 0 Å². The van der Waals surface area contributed by atoms with Crippen LogP contribution in [0.2, 0.25) is 0 Å². The van der Waals surface area contributed by atoms with Crippen LogP contribution >= 0.6 is 0 Å². The van der Waals surface area contributed by atoms with Crippen LogP contribution in [0.25, 0.3) is 0 Å². The molecule has 5 heteroatoms. The maximum atomic E-state index is 13.9. The van der Waals surface area contributed by atoms with Crippen LogP contribution < -0.4 is 10.2 Å². The van der Waals surface area contributed by atoms with E-state index in [9.17, 15) is 14.3 Å². The van der Waals surface area contributed by atoms with Crippen LogP contribution in [0.3, 0.4) is 0 Å². The molecular formula is C14H21FN2O2. The number of carbonyl (C=O) groups is 1. The van der Waals surface area contributed by atoms with Crippen molar-refractivity contribution >= 4 is 11.6 Å². The number of amides is 1. The molecule has 0 spiro atoms. The van der Waals surface area contributed by atoms with Gasteiger partial charge < -0.3 is 15.3 Å². The van der Waals surface area contributed by atoms with E-state index in [1.54, 1.807) is 26.1 Å². The summed E-state index contributed by atoms with van der Waals surface area (Å²) in [5, 5.41) is 12.4. The number of carbonyl (C=O) groups excluding carboxylic acids is 1. The molecule has 2 N–H and O–H groups in total. The van der Waals surface area contributed by atoms with E-state index in [4.69, 9.17) is 0 Å². The lowest BCUT2D eigenvalue weighted by molar-refractivity contribution is -0.120. The lowest BCUT2D eigenvalue weighted by atomic mass is 10.1. The molecule has 0 aliphatic heterocycles. The Labute approximate surface area is 113 Å². The summed E-state index contributed by atoms with van der Waals surface area (Å²) < 4.78 is 13.9. The first-order chi connectivity index (χ1) is 8.82. The number of rotatable bonds is 5. The van der Waals surface area contributed by atoms with E-state index in [1.807, 2.05) is 13.8 Å². The van der Waals surface area contributed by atoms with Gasteiger partial charge in [-0.25, -0.2) is 4.39 Å². The Hall–Kier alpha value is -1.62. The monoisotopic (exact) mass is 268 g/mol. The minimum Gasteiger partial charge on any atom is -0.389 e. The van der Waals surface area contributed by atoms with E-state index < -0.39 is 11.9 Å². The van der Waals surface area contributed by atoms with Crippen LogP contribution in [0.1, 0.15) is 32.4 Å². The Kier molecular flexibility index (Phi) is 5.30. The number of aliphatic hydroxyl groups is 1. The van der Waals surface area contributed by atoms with Gasteiger partial charge in [0.1, 0.15) is 5.82 Å². The average Bonchev–Trinajstić information content (AvgIpc) is 2.26. The molecule has 1 aromatic carbocycles. The van der Waals surface area contributed by atoms with Crippen molar-refractivity contribution in [1.82, 2.24) is 5.32 Å². The molecule has 0 fully saturated rings. The second kappa shape index (κ2) is 6.52. The van der Waals surface area contributed by atoms with Crippen LogP contribution in [0.5, 0.6) is 0 Å². The molecule has 4 nitrogen and oxygen atoms in total. The summed E-state index contributed by atoms with van der Waals surface area (Å²) in [5.74, 6) is -0.629. The third-order valence-corrected chi connectivity index (χ3v) is 2.68. The van der Waals surface area contributed by atoms with Crippen molar-refractivity contribution in [3.8, 4) is 0 Å². The molecular weight excluding hydrogens is 247 g/mol. The molecule has 0 aliphatic rings. The van der Waals surface area contributed by atoms with Crippen molar-refractivity contribution in [3.05, 3.63) is 29.6 Å². The van der Waals surface area contributed by atoms with Crippen molar-refractivity contribution in [2.75, 3.05) is 18.5 Å². The third-order valence-electron chi connectivity index (χ3n) is 2.68. The van der Waals surface area contributed by atoms with Crippen molar-refractivity contribution in [2.45, 2.75) is 32.9 Å². The summed E-state index contributed by atoms with van der Waals surface area (Å²) in [6.45, 7) is 5.34. The molecule has 0 bridgehead atoms. The average molecular weight is 268 g/mol. The maximum Gasteiger partial charge on any atom is 0.239 e. The minimum absolute atomic E-state index is 0.0396. The van der Waals surface area contributed by atoms with Crippen molar-refractivity contribution < 1.29 is 14.3 Å². The molecule has 0 unspecified atom stereocenters. The number of anilines is 1. The van der Waals surface area contributed by atoms with Gasteiger partial charge in [-0.15, -0.1) is 0 Å². The number of nitrogens with one attached hydrogen (secondary N) is 1. The predicted molar refractivity (Wildman–Crippen MR) is 73.6 cm³/mol. The van der Waals surface area contributed by atoms with Gasteiger partial charge in [-0.3, -0.25) is 4.79 Å². The van der Waals surface area contributed by atoms with Crippen LogP contribution in [0.15, 0.2) is 18.2 Å². The highest BCUT2D eigenvalue weighted by Crippen LogP contribution is 2.28. The van der Waals surface area contributed by atoms with Crippen LogP contribution in [0, 0.1) is 5.82 Å². The second-order valence-corrected chi connectivity index (χ2v) is 4.93. The number of halogens is 1. The minimum atomic E-state index is -0.790. The predicted octanol–water partition coefficient (Wildman–Crippen LogP) is 1.84. The zero-order valence-electron chi connectivity index (χ0n) is 11.8. The number of likely N-dealkylation sites (N-methyl/N-ethyl adjacent to an activating group) is 1. The van der Waals surface area contributed by atoms with Crippen LogP contribution in [0.4, 0.5) is 10.1 Å². The highest BCUT2D eigenvalue weighted by atomic mass is 19.1. The fourth-order valence-corrected chi connectivity index (χ4v) is 1.93. The van der Waals surface area contributed by atoms with E-state index in [0.717, 1.165) is 0 Å². The van der Waals surface area contributed by atoms with Gasteiger partial charge in [-0.1, -0.05) is 12.1 Å². The first kappa shape index (κ1) is 15.4. The van der Waals surface area contributed by atoms with Crippen molar-refractivity contribution in [3.63, 3.8) is 0 Å². The molecule has 1 aromatic rings. The standard InChI is InChI=1S/C14H21FN2O2/c1-9(2)16-13(19)8-17(4)14-11(10(3)18)6-5-7-12(14)15/h5-7,9-10,18H,8H2,1-4H3,(H,16,19)/t10-/m1/s1. The summed E-state index contributed by atoms with van der Waals surface area (Å²) >= 11 is 0. The van der Waals surface area contributed by atoms with Gasteiger partial charge in [0.25, 0.3) is 0 Å². The first-order valence-corrected chi connectivity index (χ1v) is 6.30. The maximum absolute atomic E-state index is 13.9. The number of benzene rings is 1. The number of para-hydroxylation sites is 1. The van der Waals surface area contributed by atoms with Gasteiger partial charge in [0.15, 0.2) is 0 Å². The number of hydrogen-bond acceptors (Lipinski definition) is 3. The smallest absolute Gasteiger partial charge is 0.239 e. The van der Waals surface area contributed by atoms with Crippen LogP contribution in [-0.4, -0.2) is 30.6 Å². The highest BCUT2D eigenvalue weighted by molar-refractivity contribution is 5.81. The molecule has 0 saturated carbocycles. The number of hydrogen-bond donors (Lipinski definition) is 2. The van der Waals surface area contributed by atoms with E-state index in [1.165, 1.54) is 11.0 Å². The van der Waals surface area contributed by atoms with E-state index in [2.05, 4.69) is 5.32 Å². The quantitative estimate of drug-likeness (QED) is 0.856. The summed E-state index contributed by atoms with van der Waals surface area (Å²) in [6, 6.07) is 4.55. The Bertz CT molecular complexity index is 447. The lowest BCUT2D eigenvalue weighted by Crippen LogP contribution is -2.39. The van der Waals surface area contributed by atoms with Gasteiger partial charge in [0.05, 0.1) is 18.3 Å². The van der Waals surface area contributed by atoms with Crippen LogP contribution in [-0.2, 0) is 4.79 Å². The van der Waals surface area contributed by atoms with Gasteiger partial charge in [-0.2, -0.15) is 0 Å². The summed E-state index contributed by atoms with van der Waals surface area (Å²) in [5.41, 5.74) is 0.733. The summed E-state index contributed by atoms with van der Waals surface area (Å²) in [4.78, 5) is 13.2. The molecule has 1 rings (SSSR count). The fraction of sp³-hybridized carbons (Fsp3) is 0.500. The molecule has 0 radical (unpaired) electrons. The zero-order valence-corrected chi connectivity index (χ0v) is 11.8. The Morgan fingerprint density at radius 3 is 2.58 bits per heavy atom. The second-order valence-electron chi connectivity index (χ2n) is 4.93. The summed E-state index contributed by atoms with van der Waals surface area (Å²) in [6.07, 6.45) is -0.790. The van der Waals surface area contributed by atoms with Crippen molar-refractivity contribution in [2.24, 2.45) is 0 Å². The normalized spacial score (nSPS) is 12.4. The largest absolute Gasteiger partial charge is 0.389 e. The van der Waals surface area contributed by atoms with E-state index in [-0.39, 0.29) is 24.2 Å². The molecule has 106 valence electrons. The number of aliphatic hydroxyl groups excluding tert-OH is 1. The molecule has 1 amide bonds. The molecule has 19 heavy (non-hydrogen) atoms. The molecule has 1 atom stereocenters.